The average molecular weight is 327 g/mol. The molecule has 106 valence electrons. The van der Waals surface area contributed by atoms with Gasteiger partial charge in [0, 0.05) is 42.3 Å². The van der Waals surface area contributed by atoms with Crippen molar-refractivity contribution in [1.29, 1.82) is 0 Å². The topological polar surface area (TPSA) is 35.5 Å². The lowest BCUT2D eigenvalue weighted by molar-refractivity contribution is 0.166. The van der Waals surface area contributed by atoms with E-state index in [-0.39, 0.29) is 0 Å². The number of halogens is 1. The van der Waals surface area contributed by atoms with Gasteiger partial charge in [0.1, 0.15) is 5.75 Å². The standard InChI is InChI=1S/C15H23BrN2O/c1-4-12(18-7-5-17-6-8-18)14-11(3)15(16)10(2)9-13(14)19/h9,12,17,19H,4-8H2,1-3H3/t12-/m0/s1. The molecule has 1 aromatic rings. The monoisotopic (exact) mass is 326 g/mol. The molecule has 0 saturated carbocycles. The highest BCUT2D eigenvalue weighted by Gasteiger charge is 2.25. The van der Waals surface area contributed by atoms with Crippen LogP contribution < -0.4 is 5.32 Å². The van der Waals surface area contributed by atoms with Gasteiger partial charge >= 0.3 is 0 Å². The third kappa shape index (κ3) is 2.96. The predicted octanol–water partition coefficient (Wildman–Crippen LogP) is 3.13. The van der Waals surface area contributed by atoms with Crippen LogP contribution in [0.15, 0.2) is 10.5 Å². The van der Waals surface area contributed by atoms with E-state index in [9.17, 15) is 5.11 Å². The number of nitrogens with zero attached hydrogens (tertiary/aromatic N) is 1. The Bertz CT molecular complexity index is 456. The van der Waals surface area contributed by atoms with Crippen molar-refractivity contribution in [3.05, 3.63) is 27.2 Å². The van der Waals surface area contributed by atoms with Gasteiger partial charge in [-0.2, -0.15) is 0 Å². The van der Waals surface area contributed by atoms with E-state index in [0.29, 0.717) is 11.8 Å². The van der Waals surface area contributed by atoms with Crippen molar-refractivity contribution >= 4 is 15.9 Å². The van der Waals surface area contributed by atoms with Crippen molar-refractivity contribution in [3.8, 4) is 5.75 Å². The molecule has 1 atom stereocenters. The van der Waals surface area contributed by atoms with Gasteiger partial charge in [-0.15, -0.1) is 0 Å². The number of hydrogen-bond acceptors (Lipinski definition) is 3. The van der Waals surface area contributed by atoms with Crippen LogP contribution in [-0.4, -0.2) is 36.2 Å². The van der Waals surface area contributed by atoms with Crippen LogP contribution in [0.5, 0.6) is 5.75 Å². The summed E-state index contributed by atoms with van der Waals surface area (Å²) in [6.07, 6.45) is 1.02. The minimum Gasteiger partial charge on any atom is -0.508 e. The van der Waals surface area contributed by atoms with Crippen LogP contribution in [-0.2, 0) is 0 Å². The highest BCUT2D eigenvalue weighted by Crippen LogP contribution is 2.38. The molecular weight excluding hydrogens is 304 g/mol. The molecule has 1 heterocycles. The second-order valence-corrected chi connectivity index (χ2v) is 6.07. The van der Waals surface area contributed by atoms with Gasteiger partial charge in [-0.05, 0) is 37.5 Å². The maximum absolute atomic E-state index is 10.4. The average Bonchev–Trinajstić information content (AvgIpc) is 2.42. The molecule has 1 fully saturated rings. The van der Waals surface area contributed by atoms with Gasteiger partial charge in [-0.25, -0.2) is 0 Å². The first-order valence-electron chi connectivity index (χ1n) is 6.99. The van der Waals surface area contributed by atoms with Gasteiger partial charge in [-0.3, -0.25) is 4.90 Å². The molecule has 0 spiro atoms. The van der Waals surface area contributed by atoms with Crippen LogP contribution in [0.25, 0.3) is 0 Å². The van der Waals surface area contributed by atoms with E-state index in [0.717, 1.165) is 48.2 Å². The molecule has 3 nitrogen and oxygen atoms in total. The molecule has 19 heavy (non-hydrogen) atoms. The minimum absolute atomic E-state index is 0.305. The summed E-state index contributed by atoms with van der Waals surface area (Å²) < 4.78 is 1.12. The third-order valence-electron chi connectivity index (χ3n) is 4.02. The molecule has 1 saturated heterocycles. The summed E-state index contributed by atoms with van der Waals surface area (Å²) in [5.41, 5.74) is 3.35. The molecule has 2 N–H and O–H groups in total. The largest absolute Gasteiger partial charge is 0.508 e. The van der Waals surface area contributed by atoms with Gasteiger partial charge in [0.2, 0.25) is 0 Å². The zero-order chi connectivity index (χ0) is 14.0. The number of piperazine rings is 1. The molecule has 1 aliphatic heterocycles. The van der Waals surface area contributed by atoms with Gasteiger partial charge in [0.25, 0.3) is 0 Å². The summed E-state index contributed by atoms with van der Waals surface area (Å²) >= 11 is 3.64. The Morgan fingerprint density at radius 1 is 1.37 bits per heavy atom. The first kappa shape index (κ1) is 14.8. The van der Waals surface area contributed by atoms with E-state index < -0.39 is 0 Å². The van der Waals surface area contributed by atoms with Crippen LogP contribution in [0, 0.1) is 13.8 Å². The van der Waals surface area contributed by atoms with Crippen LogP contribution >= 0.6 is 15.9 Å². The van der Waals surface area contributed by atoms with Crippen molar-refractivity contribution in [2.24, 2.45) is 0 Å². The normalized spacial score (nSPS) is 18.5. The Morgan fingerprint density at radius 3 is 2.58 bits per heavy atom. The maximum atomic E-state index is 10.4. The number of aryl methyl sites for hydroxylation is 1. The Kier molecular flexibility index (Phi) is 4.87. The summed E-state index contributed by atoms with van der Waals surface area (Å²) in [5, 5.41) is 13.7. The second-order valence-electron chi connectivity index (χ2n) is 5.28. The molecule has 0 radical (unpaired) electrons. The Hall–Kier alpha value is -0.580. The second kappa shape index (κ2) is 6.25. The van der Waals surface area contributed by atoms with Crippen molar-refractivity contribution in [2.45, 2.75) is 33.2 Å². The SMILES string of the molecule is CC[C@@H](c1c(O)cc(C)c(Br)c1C)N1CCNCC1. The number of nitrogens with one attached hydrogen (secondary N) is 1. The number of phenols is 1. The van der Waals surface area contributed by atoms with Crippen LogP contribution in [0.4, 0.5) is 0 Å². The highest BCUT2D eigenvalue weighted by molar-refractivity contribution is 9.10. The van der Waals surface area contributed by atoms with Gasteiger partial charge in [-0.1, -0.05) is 22.9 Å². The number of aromatic hydroxyl groups is 1. The molecule has 0 amide bonds. The van der Waals surface area contributed by atoms with Crippen LogP contribution in [0.2, 0.25) is 0 Å². The fourth-order valence-electron chi connectivity index (χ4n) is 3.01. The summed E-state index contributed by atoms with van der Waals surface area (Å²) in [5.74, 6) is 0.434. The van der Waals surface area contributed by atoms with Gasteiger partial charge < -0.3 is 10.4 Å². The molecule has 1 aliphatic rings. The molecule has 2 rings (SSSR count). The van der Waals surface area contributed by atoms with Crippen molar-refractivity contribution in [1.82, 2.24) is 10.2 Å². The summed E-state index contributed by atoms with van der Waals surface area (Å²) in [7, 11) is 0. The van der Waals surface area contributed by atoms with E-state index in [1.54, 1.807) is 0 Å². The quantitative estimate of drug-likeness (QED) is 0.895. The van der Waals surface area contributed by atoms with E-state index >= 15 is 0 Å². The lowest BCUT2D eigenvalue weighted by Gasteiger charge is -2.36. The number of phenolic OH excluding ortho intramolecular Hbond substituents is 1. The van der Waals surface area contributed by atoms with Crippen molar-refractivity contribution in [2.75, 3.05) is 26.2 Å². The summed E-state index contributed by atoms with van der Waals surface area (Å²) in [4.78, 5) is 2.47. The fraction of sp³-hybridized carbons (Fsp3) is 0.600. The molecular formula is C15H23BrN2O. The Morgan fingerprint density at radius 2 is 2.00 bits per heavy atom. The molecule has 4 heteroatoms. The number of benzene rings is 1. The number of hydrogen-bond donors (Lipinski definition) is 2. The van der Waals surface area contributed by atoms with Crippen LogP contribution in [0.1, 0.15) is 36.1 Å². The molecule has 0 aromatic heterocycles. The van der Waals surface area contributed by atoms with E-state index in [1.165, 1.54) is 5.56 Å². The maximum Gasteiger partial charge on any atom is 0.120 e. The minimum atomic E-state index is 0.305. The highest BCUT2D eigenvalue weighted by atomic mass is 79.9. The fourth-order valence-corrected chi connectivity index (χ4v) is 3.34. The Balaban J connectivity index is 2.40. The molecule has 0 aliphatic carbocycles. The van der Waals surface area contributed by atoms with Gasteiger partial charge in [0.15, 0.2) is 0 Å². The number of rotatable bonds is 3. The van der Waals surface area contributed by atoms with E-state index in [2.05, 4.69) is 40.0 Å². The van der Waals surface area contributed by atoms with E-state index in [1.807, 2.05) is 13.0 Å². The third-order valence-corrected chi connectivity index (χ3v) is 5.24. The lowest BCUT2D eigenvalue weighted by Crippen LogP contribution is -2.45. The zero-order valence-electron chi connectivity index (χ0n) is 12.0. The van der Waals surface area contributed by atoms with Crippen LogP contribution in [0.3, 0.4) is 0 Å². The molecule has 0 bridgehead atoms. The molecule has 1 aromatic carbocycles. The summed E-state index contributed by atoms with van der Waals surface area (Å²) in [6.45, 7) is 10.5. The van der Waals surface area contributed by atoms with E-state index in [4.69, 9.17) is 0 Å². The lowest BCUT2D eigenvalue weighted by atomic mass is 9.94. The summed E-state index contributed by atoms with van der Waals surface area (Å²) in [6, 6.07) is 2.18. The van der Waals surface area contributed by atoms with Gasteiger partial charge in [0.05, 0.1) is 0 Å². The first-order valence-corrected chi connectivity index (χ1v) is 7.78. The van der Waals surface area contributed by atoms with Crippen molar-refractivity contribution < 1.29 is 5.11 Å². The smallest absolute Gasteiger partial charge is 0.120 e. The molecule has 0 unspecified atom stereocenters. The predicted molar refractivity (Wildman–Crippen MR) is 82.8 cm³/mol. The zero-order valence-corrected chi connectivity index (χ0v) is 13.5. The van der Waals surface area contributed by atoms with Crippen molar-refractivity contribution in [3.63, 3.8) is 0 Å². The Labute approximate surface area is 124 Å². The first-order chi connectivity index (χ1) is 9.06.